The van der Waals surface area contributed by atoms with Crippen LogP contribution in [-0.4, -0.2) is 6.61 Å². The van der Waals surface area contributed by atoms with Crippen molar-refractivity contribution in [2.24, 2.45) is 5.92 Å². The second-order valence-electron chi connectivity index (χ2n) is 4.36. The normalized spacial score (nSPS) is 17.8. The topological polar surface area (TPSA) is 81.4 Å². The van der Waals surface area contributed by atoms with Crippen molar-refractivity contribution in [2.75, 3.05) is 17.8 Å². The number of rotatable bonds is 4. The van der Waals surface area contributed by atoms with Crippen LogP contribution in [0.2, 0.25) is 0 Å². The molecule has 0 radical (unpaired) electrons. The van der Waals surface area contributed by atoms with E-state index in [1.165, 1.54) is 32.1 Å². The zero-order chi connectivity index (χ0) is 11.5. The fourth-order valence-corrected chi connectivity index (χ4v) is 2.10. The zero-order valence-electron chi connectivity index (χ0n) is 9.12. The quantitative estimate of drug-likeness (QED) is 0.583. The molecule has 0 amide bonds. The molecule has 1 aromatic carbocycles. The van der Waals surface area contributed by atoms with Crippen molar-refractivity contribution >= 4 is 11.4 Å². The van der Waals surface area contributed by atoms with Crippen molar-refractivity contribution in [3.8, 4) is 0 Å². The van der Waals surface area contributed by atoms with Gasteiger partial charge in [0.05, 0.1) is 6.61 Å². The molecule has 0 unspecified atom stereocenters. The van der Waals surface area contributed by atoms with E-state index in [1.807, 2.05) is 0 Å². The molecule has 2 rings (SSSR count). The van der Waals surface area contributed by atoms with Crippen LogP contribution < -0.4 is 22.1 Å². The molecule has 0 bridgehead atoms. The largest absolute Gasteiger partial charge is 0.394 e. The summed E-state index contributed by atoms with van der Waals surface area (Å²) < 4.78 is 0. The van der Waals surface area contributed by atoms with E-state index >= 15 is 0 Å². The van der Waals surface area contributed by atoms with Crippen LogP contribution >= 0.6 is 0 Å². The Bertz CT molecular complexity index is 428. The summed E-state index contributed by atoms with van der Waals surface area (Å²) in [6.45, 7) is 0.568. The van der Waals surface area contributed by atoms with Gasteiger partial charge in [0.2, 0.25) is 0 Å². The summed E-state index contributed by atoms with van der Waals surface area (Å²) >= 11 is 0. The van der Waals surface area contributed by atoms with Gasteiger partial charge in [0.1, 0.15) is 11.4 Å². The summed E-state index contributed by atoms with van der Waals surface area (Å²) in [6, 6.07) is 0. The van der Waals surface area contributed by atoms with Crippen molar-refractivity contribution in [1.82, 2.24) is 0 Å². The van der Waals surface area contributed by atoms with Crippen molar-refractivity contribution < 1.29 is 4.84 Å². The first-order valence-electron chi connectivity index (χ1n) is 5.66. The summed E-state index contributed by atoms with van der Waals surface area (Å²) in [7, 11) is 0. The van der Waals surface area contributed by atoms with Gasteiger partial charge >= 0.3 is 0 Å². The monoisotopic (exact) mass is 224 g/mol. The summed E-state index contributed by atoms with van der Waals surface area (Å²) in [6.07, 6.45) is 6.13. The molecule has 1 aliphatic rings. The average molecular weight is 224 g/mol. The van der Waals surface area contributed by atoms with Gasteiger partial charge in [-0.25, -0.2) is 0 Å². The molecule has 0 spiro atoms. The van der Waals surface area contributed by atoms with Gasteiger partial charge in [0, 0.05) is 0 Å². The Labute approximate surface area is 93.2 Å². The minimum atomic E-state index is -0.622. The van der Waals surface area contributed by atoms with E-state index in [1.54, 1.807) is 0 Å². The zero-order valence-corrected chi connectivity index (χ0v) is 9.12. The Morgan fingerprint density at radius 2 is 1.88 bits per heavy atom. The molecule has 1 fully saturated rings. The predicted octanol–water partition coefficient (Wildman–Crippen LogP) is 0.789. The van der Waals surface area contributed by atoms with Crippen LogP contribution in [0.15, 0.2) is 9.59 Å². The molecule has 5 heteroatoms. The van der Waals surface area contributed by atoms with Crippen LogP contribution in [0, 0.1) is 5.92 Å². The highest BCUT2D eigenvalue weighted by Crippen LogP contribution is 2.23. The summed E-state index contributed by atoms with van der Waals surface area (Å²) in [5, 5.41) is 0. The molecular formula is C11H16N2O3. The van der Waals surface area contributed by atoms with E-state index < -0.39 is 10.9 Å². The molecule has 1 aliphatic carbocycles. The van der Waals surface area contributed by atoms with Crippen LogP contribution in [0.4, 0.5) is 11.4 Å². The van der Waals surface area contributed by atoms with Crippen molar-refractivity contribution in [2.45, 2.75) is 32.1 Å². The number of anilines is 2. The van der Waals surface area contributed by atoms with E-state index in [0.29, 0.717) is 12.5 Å². The van der Waals surface area contributed by atoms with Gasteiger partial charge < -0.3 is 5.73 Å². The van der Waals surface area contributed by atoms with E-state index in [4.69, 9.17) is 10.6 Å². The van der Waals surface area contributed by atoms with Crippen molar-refractivity contribution in [3.63, 3.8) is 0 Å². The fourth-order valence-electron chi connectivity index (χ4n) is 2.10. The summed E-state index contributed by atoms with van der Waals surface area (Å²) in [5.74, 6) is 0.550. The Hall–Kier alpha value is -1.36. The molecular weight excluding hydrogens is 208 g/mol. The standard InChI is InChI=1S/C11H16N2O3/c12-8-9(11(15)10(8)14)13-16-6-7-4-2-1-3-5-7/h7,13H,1-6,12H2. The molecule has 16 heavy (non-hydrogen) atoms. The lowest BCUT2D eigenvalue weighted by molar-refractivity contribution is 0.128. The molecule has 1 saturated carbocycles. The van der Waals surface area contributed by atoms with E-state index in [0.717, 1.165) is 0 Å². The van der Waals surface area contributed by atoms with Gasteiger partial charge in [0.25, 0.3) is 10.9 Å². The third kappa shape index (κ3) is 2.09. The highest BCUT2D eigenvalue weighted by Gasteiger charge is 2.19. The molecule has 1 aromatic rings. The highest BCUT2D eigenvalue weighted by molar-refractivity contribution is 5.70. The third-order valence-corrected chi connectivity index (χ3v) is 3.17. The van der Waals surface area contributed by atoms with E-state index in [9.17, 15) is 9.59 Å². The van der Waals surface area contributed by atoms with Crippen molar-refractivity contribution in [1.29, 1.82) is 0 Å². The van der Waals surface area contributed by atoms with E-state index in [-0.39, 0.29) is 11.4 Å². The summed E-state index contributed by atoms with van der Waals surface area (Å²) in [4.78, 5) is 27.0. The molecule has 5 nitrogen and oxygen atoms in total. The van der Waals surface area contributed by atoms with Gasteiger partial charge in [-0.2, -0.15) is 0 Å². The highest BCUT2D eigenvalue weighted by atomic mass is 16.6. The first-order valence-corrected chi connectivity index (χ1v) is 5.66. The Morgan fingerprint density at radius 1 is 1.19 bits per heavy atom. The number of nitrogen functional groups attached to an aromatic ring is 1. The first-order chi connectivity index (χ1) is 7.70. The lowest BCUT2D eigenvalue weighted by atomic mass is 9.90. The van der Waals surface area contributed by atoms with Gasteiger partial charge in [-0.05, 0) is 18.8 Å². The lowest BCUT2D eigenvalue weighted by Crippen LogP contribution is -2.37. The fraction of sp³-hybridized carbons (Fsp3) is 0.636. The number of nitrogens with one attached hydrogen (secondary N) is 1. The van der Waals surface area contributed by atoms with Crippen LogP contribution in [0.25, 0.3) is 0 Å². The maximum absolute atomic E-state index is 11.0. The maximum atomic E-state index is 11.0. The van der Waals surface area contributed by atoms with Crippen LogP contribution in [-0.2, 0) is 4.84 Å². The average Bonchev–Trinajstić information content (AvgIpc) is 2.34. The maximum Gasteiger partial charge on any atom is 0.255 e. The minimum Gasteiger partial charge on any atom is -0.394 e. The number of nitrogens with two attached hydrogens (primary N) is 1. The molecule has 0 aliphatic heterocycles. The minimum absolute atomic E-state index is 0.0198. The predicted molar refractivity (Wildman–Crippen MR) is 61.9 cm³/mol. The van der Waals surface area contributed by atoms with Crippen molar-refractivity contribution in [3.05, 3.63) is 20.4 Å². The molecule has 0 heterocycles. The van der Waals surface area contributed by atoms with E-state index in [2.05, 4.69) is 5.48 Å². The second-order valence-corrected chi connectivity index (χ2v) is 4.36. The number of hydrogen-bond acceptors (Lipinski definition) is 5. The Kier molecular flexibility index (Phi) is 3.24. The molecule has 3 N–H and O–H groups in total. The SMILES string of the molecule is Nc1c(NOCC2CCCCC2)c(=O)c1=O. The lowest BCUT2D eigenvalue weighted by Gasteiger charge is -2.21. The second kappa shape index (κ2) is 4.65. The summed E-state index contributed by atoms with van der Waals surface area (Å²) in [5.41, 5.74) is 6.71. The molecule has 0 aromatic heterocycles. The molecule has 0 atom stereocenters. The molecule has 88 valence electrons. The smallest absolute Gasteiger partial charge is 0.255 e. The molecule has 0 saturated heterocycles. The van der Waals surface area contributed by atoms with Gasteiger partial charge in [-0.1, -0.05) is 19.3 Å². The van der Waals surface area contributed by atoms with Crippen LogP contribution in [0.1, 0.15) is 32.1 Å². The van der Waals surface area contributed by atoms with Gasteiger partial charge in [-0.15, -0.1) is 0 Å². The number of hydrogen-bond donors (Lipinski definition) is 2. The Balaban J connectivity index is 1.76. The van der Waals surface area contributed by atoms with Gasteiger partial charge in [-0.3, -0.25) is 19.9 Å². The van der Waals surface area contributed by atoms with Crippen LogP contribution in [0.3, 0.4) is 0 Å². The Morgan fingerprint density at radius 3 is 2.50 bits per heavy atom. The first kappa shape index (κ1) is 11.1. The van der Waals surface area contributed by atoms with Crippen LogP contribution in [0.5, 0.6) is 0 Å². The third-order valence-electron chi connectivity index (χ3n) is 3.17. The van der Waals surface area contributed by atoms with Gasteiger partial charge in [0.15, 0.2) is 0 Å².